The number of amides is 3. The summed E-state index contributed by atoms with van der Waals surface area (Å²) in [5, 5.41) is 7.53. The van der Waals surface area contributed by atoms with Gasteiger partial charge in [0.15, 0.2) is 11.5 Å². The molecule has 3 aromatic carbocycles. The fraction of sp³-hybridized carbons (Fsp3) is 0.233. The topological polar surface area (TPSA) is 113 Å². The van der Waals surface area contributed by atoms with E-state index >= 15 is 0 Å². The Morgan fingerprint density at radius 3 is 2.59 bits per heavy atom. The van der Waals surface area contributed by atoms with Gasteiger partial charge < -0.3 is 19.8 Å². The molecule has 3 N–H and O–H groups in total. The molecule has 4 aliphatic heterocycles. The Hall–Kier alpha value is -4.63. The van der Waals surface area contributed by atoms with Crippen LogP contribution in [0.1, 0.15) is 11.1 Å². The summed E-state index contributed by atoms with van der Waals surface area (Å²) >= 11 is 0. The number of aromatic amines is 1. The first-order valence-corrected chi connectivity index (χ1v) is 13.1. The van der Waals surface area contributed by atoms with Crippen LogP contribution < -0.4 is 25.0 Å². The highest BCUT2D eigenvalue weighted by molar-refractivity contribution is 6.26. The SMILES string of the molecule is O=C1[C@H]2[C@@H](Cc3c[nH]c4ccccc34)N[C@@]3(C(=O)Nc4ccccc43)[C@H]2C(=O)N1c1ccc2c(c1)OCCO2. The fourth-order valence-electron chi connectivity index (χ4n) is 6.90. The van der Waals surface area contributed by atoms with E-state index in [-0.39, 0.29) is 11.8 Å². The number of nitrogens with zero attached hydrogens (tertiary/aromatic N) is 1. The molecule has 2 fully saturated rings. The molecular weight excluding hydrogens is 496 g/mol. The lowest BCUT2D eigenvalue weighted by Crippen LogP contribution is -2.53. The lowest BCUT2D eigenvalue weighted by molar-refractivity contribution is -0.130. The van der Waals surface area contributed by atoms with E-state index in [0.717, 1.165) is 16.5 Å². The Balaban J connectivity index is 1.26. The zero-order chi connectivity index (χ0) is 26.3. The molecule has 9 heteroatoms. The molecule has 0 unspecified atom stereocenters. The van der Waals surface area contributed by atoms with Crippen LogP contribution in [-0.4, -0.2) is 42.0 Å². The van der Waals surface area contributed by atoms with Gasteiger partial charge in [-0.3, -0.25) is 19.7 Å². The average Bonchev–Trinajstić information content (AvgIpc) is 3.67. The molecule has 2 saturated heterocycles. The smallest absolute Gasteiger partial charge is 0.250 e. The molecule has 4 atom stereocenters. The van der Waals surface area contributed by atoms with Crippen molar-refractivity contribution in [2.45, 2.75) is 18.0 Å². The maximum atomic E-state index is 14.2. The molecule has 39 heavy (non-hydrogen) atoms. The van der Waals surface area contributed by atoms with Crippen LogP contribution >= 0.6 is 0 Å². The number of anilines is 2. The number of benzene rings is 3. The summed E-state index contributed by atoms with van der Waals surface area (Å²) in [5.74, 6) is -1.62. The fourth-order valence-corrected chi connectivity index (χ4v) is 6.90. The summed E-state index contributed by atoms with van der Waals surface area (Å²) in [6.07, 6.45) is 2.41. The van der Waals surface area contributed by atoms with Gasteiger partial charge in [0, 0.05) is 40.5 Å². The average molecular weight is 521 g/mol. The summed E-state index contributed by atoms with van der Waals surface area (Å²) in [7, 11) is 0. The van der Waals surface area contributed by atoms with Crippen LogP contribution in [0.25, 0.3) is 10.9 Å². The van der Waals surface area contributed by atoms with Gasteiger partial charge in [-0.1, -0.05) is 36.4 Å². The standard InChI is InChI=1S/C30H24N4O5/c35-27-25-22(13-16-15-31-20-7-3-1-5-18(16)20)33-30(19-6-2-4-8-21(19)32-29(30)37)26(25)28(36)34(27)17-9-10-23-24(14-17)39-12-11-38-23/h1-10,14-15,22,25-26,31,33H,11-13H2,(H,32,37)/t22-,25+,26-,30-/m1/s1. The van der Waals surface area contributed by atoms with Crippen molar-refractivity contribution in [2.24, 2.45) is 11.8 Å². The Morgan fingerprint density at radius 2 is 1.69 bits per heavy atom. The number of rotatable bonds is 3. The third-order valence-electron chi connectivity index (χ3n) is 8.52. The molecule has 1 aromatic heterocycles. The summed E-state index contributed by atoms with van der Waals surface area (Å²) in [4.78, 5) is 46.7. The number of carbonyl (C=O) groups is 3. The summed E-state index contributed by atoms with van der Waals surface area (Å²) in [5.41, 5.74) is 2.41. The van der Waals surface area contributed by atoms with Crippen molar-refractivity contribution in [3.05, 3.63) is 84.1 Å². The van der Waals surface area contributed by atoms with Crippen LogP contribution in [-0.2, 0) is 26.3 Å². The van der Waals surface area contributed by atoms with E-state index in [1.807, 2.05) is 54.7 Å². The van der Waals surface area contributed by atoms with Crippen LogP contribution in [0.4, 0.5) is 11.4 Å². The van der Waals surface area contributed by atoms with Gasteiger partial charge in [0.1, 0.15) is 18.8 Å². The van der Waals surface area contributed by atoms with Crippen LogP contribution in [0.15, 0.2) is 72.9 Å². The molecule has 194 valence electrons. The lowest BCUT2D eigenvalue weighted by Gasteiger charge is -2.29. The van der Waals surface area contributed by atoms with E-state index in [9.17, 15) is 14.4 Å². The van der Waals surface area contributed by atoms with E-state index in [1.54, 1.807) is 18.2 Å². The first-order chi connectivity index (χ1) is 19.1. The largest absolute Gasteiger partial charge is 0.486 e. The van der Waals surface area contributed by atoms with Crippen molar-refractivity contribution < 1.29 is 23.9 Å². The van der Waals surface area contributed by atoms with Gasteiger partial charge in [-0.15, -0.1) is 0 Å². The number of aromatic nitrogens is 1. The van der Waals surface area contributed by atoms with Gasteiger partial charge >= 0.3 is 0 Å². The van der Waals surface area contributed by atoms with Gasteiger partial charge in [-0.2, -0.15) is 0 Å². The predicted molar refractivity (Wildman–Crippen MR) is 143 cm³/mol. The summed E-state index contributed by atoms with van der Waals surface area (Å²) in [6.45, 7) is 0.830. The maximum absolute atomic E-state index is 14.2. The molecule has 8 rings (SSSR count). The normalized spacial score (nSPS) is 26.8. The Labute approximate surface area is 223 Å². The van der Waals surface area contributed by atoms with Gasteiger partial charge in [-0.05, 0) is 36.2 Å². The van der Waals surface area contributed by atoms with E-state index in [0.29, 0.717) is 48.1 Å². The Bertz CT molecular complexity index is 1710. The Kier molecular flexibility index (Phi) is 4.55. The highest BCUT2D eigenvalue weighted by Gasteiger charge is 2.70. The molecule has 0 saturated carbocycles. The lowest BCUT2D eigenvalue weighted by atomic mass is 9.76. The zero-order valence-electron chi connectivity index (χ0n) is 20.8. The van der Waals surface area contributed by atoms with Gasteiger partial charge in [0.05, 0.1) is 17.5 Å². The van der Waals surface area contributed by atoms with Crippen molar-refractivity contribution >= 4 is 40.0 Å². The molecule has 9 nitrogen and oxygen atoms in total. The number of hydrogen-bond donors (Lipinski definition) is 3. The van der Waals surface area contributed by atoms with Crippen molar-refractivity contribution in [1.29, 1.82) is 0 Å². The first kappa shape index (κ1) is 22.4. The van der Waals surface area contributed by atoms with E-state index in [1.165, 1.54) is 4.90 Å². The minimum absolute atomic E-state index is 0.315. The van der Waals surface area contributed by atoms with E-state index in [4.69, 9.17) is 9.47 Å². The number of H-pyrrole nitrogens is 1. The van der Waals surface area contributed by atoms with Crippen molar-refractivity contribution in [3.63, 3.8) is 0 Å². The maximum Gasteiger partial charge on any atom is 0.250 e. The van der Waals surface area contributed by atoms with Crippen LogP contribution in [0.5, 0.6) is 11.5 Å². The number of nitrogens with one attached hydrogen (secondary N) is 3. The minimum atomic E-state index is -1.35. The van der Waals surface area contributed by atoms with E-state index < -0.39 is 29.3 Å². The quantitative estimate of drug-likeness (QED) is 0.358. The molecule has 0 bridgehead atoms. The van der Waals surface area contributed by atoms with Crippen molar-refractivity contribution in [1.82, 2.24) is 10.3 Å². The highest BCUT2D eigenvalue weighted by atomic mass is 16.6. The minimum Gasteiger partial charge on any atom is -0.486 e. The number of ether oxygens (including phenoxy) is 2. The van der Waals surface area contributed by atoms with Gasteiger partial charge in [-0.25, -0.2) is 4.90 Å². The first-order valence-electron chi connectivity index (χ1n) is 13.1. The van der Waals surface area contributed by atoms with E-state index in [2.05, 4.69) is 15.6 Å². The van der Waals surface area contributed by atoms with Crippen molar-refractivity contribution in [3.8, 4) is 11.5 Å². The van der Waals surface area contributed by atoms with Gasteiger partial charge in [0.2, 0.25) is 17.7 Å². The molecule has 1 spiro atoms. The number of hydrogen-bond acceptors (Lipinski definition) is 6. The third-order valence-corrected chi connectivity index (χ3v) is 8.52. The number of carbonyl (C=O) groups excluding carboxylic acids is 3. The highest BCUT2D eigenvalue weighted by Crippen LogP contribution is 2.54. The monoisotopic (exact) mass is 520 g/mol. The Morgan fingerprint density at radius 1 is 0.897 bits per heavy atom. The molecule has 4 aromatic rings. The predicted octanol–water partition coefficient (Wildman–Crippen LogP) is 3.11. The zero-order valence-corrected chi connectivity index (χ0v) is 20.8. The molecular formula is C30H24N4O5. The second kappa shape index (κ2) is 7.94. The molecule has 0 radical (unpaired) electrons. The van der Waals surface area contributed by atoms with Crippen molar-refractivity contribution in [2.75, 3.05) is 23.4 Å². The second-order valence-corrected chi connectivity index (χ2v) is 10.5. The summed E-state index contributed by atoms with van der Waals surface area (Å²) < 4.78 is 11.4. The molecule has 3 amide bonds. The van der Waals surface area contributed by atoms with Crippen LogP contribution in [0, 0.1) is 11.8 Å². The number of imide groups is 1. The number of fused-ring (bicyclic) bond motifs is 6. The molecule has 5 heterocycles. The summed E-state index contributed by atoms with van der Waals surface area (Å²) in [6, 6.07) is 20.0. The second-order valence-electron chi connectivity index (χ2n) is 10.5. The molecule has 0 aliphatic carbocycles. The number of para-hydroxylation sites is 2. The van der Waals surface area contributed by atoms with Gasteiger partial charge in [0.25, 0.3) is 0 Å². The molecule has 4 aliphatic rings. The van der Waals surface area contributed by atoms with Crippen LogP contribution in [0.2, 0.25) is 0 Å². The third kappa shape index (κ3) is 2.96. The van der Waals surface area contributed by atoms with Crippen LogP contribution in [0.3, 0.4) is 0 Å².